The number of likely N-dealkylation sites (N-methyl/N-ethyl adjacent to an activating group) is 1. The predicted octanol–water partition coefficient (Wildman–Crippen LogP) is 1.00. The zero-order valence-electron chi connectivity index (χ0n) is 15.1. The van der Waals surface area contributed by atoms with Gasteiger partial charge in [0.2, 0.25) is 0 Å². The molecular weight excluding hydrogens is 330 g/mol. The summed E-state index contributed by atoms with van der Waals surface area (Å²) >= 11 is 0. The van der Waals surface area contributed by atoms with Crippen LogP contribution in [0.5, 0.6) is 0 Å². The van der Waals surface area contributed by atoms with Crippen LogP contribution in [-0.2, 0) is 0 Å². The molecular formula is C19H23N5O2. The Kier molecular flexibility index (Phi) is 4.32. The van der Waals surface area contributed by atoms with Crippen molar-refractivity contribution in [1.82, 2.24) is 24.3 Å². The van der Waals surface area contributed by atoms with Crippen LogP contribution in [0.4, 0.5) is 0 Å². The molecule has 136 valence electrons. The van der Waals surface area contributed by atoms with E-state index in [1.54, 1.807) is 18.5 Å². The zero-order valence-corrected chi connectivity index (χ0v) is 15.1. The highest BCUT2D eigenvalue weighted by Gasteiger charge is 2.42. The van der Waals surface area contributed by atoms with Gasteiger partial charge in [0.15, 0.2) is 0 Å². The molecule has 3 atom stereocenters. The number of amides is 1. The molecule has 0 aliphatic carbocycles. The minimum atomic E-state index is -0.0804. The van der Waals surface area contributed by atoms with E-state index >= 15 is 0 Å². The van der Waals surface area contributed by atoms with Crippen LogP contribution in [0, 0.1) is 5.92 Å². The van der Waals surface area contributed by atoms with Crippen molar-refractivity contribution < 1.29 is 4.79 Å². The van der Waals surface area contributed by atoms with Gasteiger partial charge in [0.05, 0.1) is 12.2 Å². The first kappa shape index (κ1) is 16.9. The number of carbonyl (C=O) groups excluding carboxylic acids is 1. The second-order valence-electron chi connectivity index (χ2n) is 7.48. The van der Waals surface area contributed by atoms with Crippen molar-refractivity contribution in [3.8, 4) is 0 Å². The fraction of sp³-hybridized carbons (Fsp3) is 0.474. The minimum absolute atomic E-state index is 0.0535. The van der Waals surface area contributed by atoms with Gasteiger partial charge in [0.25, 0.3) is 11.5 Å². The first-order valence-corrected chi connectivity index (χ1v) is 8.96. The number of likely N-dealkylation sites (tertiary alicyclic amines) is 1. The highest BCUT2D eigenvalue weighted by Crippen LogP contribution is 2.41. The van der Waals surface area contributed by atoms with E-state index in [0.29, 0.717) is 18.8 Å². The number of piperidine rings is 1. The van der Waals surface area contributed by atoms with Gasteiger partial charge >= 0.3 is 0 Å². The number of nitrogens with zero attached hydrogens (tertiary/aromatic N) is 5. The lowest BCUT2D eigenvalue weighted by Gasteiger charge is -2.47. The lowest BCUT2D eigenvalue weighted by molar-refractivity contribution is 0.0493. The second-order valence-corrected chi connectivity index (χ2v) is 7.48. The maximum Gasteiger partial charge on any atom is 0.274 e. The molecule has 1 saturated heterocycles. The molecule has 0 saturated carbocycles. The zero-order chi connectivity index (χ0) is 18.3. The summed E-state index contributed by atoms with van der Waals surface area (Å²) in [6.07, 6.45) is 5.63. The molecule has 7 nitrogen and oxygen atoms in total. The van der Waals surface area contributed by atoms with Gasteiger partial charge in [-0.25, -0.2) is 4.98 Å². The molecule has 0 unspecified atom stereocenters. The van der Waals surface area contributed by atoms with E-state index in [4.69, 9.17) is 0 Å². The number of hydrogen-bond acceptors (Lipinski definition) is 5. The van der Waals surface area contributed by atoms with Crippen LogP contribution < -0.4 is 5.56 Å². The second kappa shape index (κ2) is 6.64. The normalized spacial score (nSPS) is 24.4. The number of fused-ring (bicyclic) bond motifs is 4. The van der Waals surface area contributed by atoms with E-state index < -0.39 is 0 Å². The highest BCUT2D eigenvalue weighted by atomic mass is 16.2. The van der Waals surface area contributed by atoms with E-state index in [9.17, 15) is 9.59 Å². The summed E-state index contributed by atoms with van der Waals surface area (Å²) in [6, 6.07) is 5.56. The molecule has 4 rings (SSSR count). The average Bonchev–Trinajstić information content (AvgIpc) is 2.65. The van der Waals surface area contributed by atoms with Crippen molar-refractivity contribution in [2.24, 2.45) is 5.92 Å². The van der Waals surface area contributed by atoms with Crippen LogP contribution in [0.15, 0.2) is 41.6 Å². The summed E-state index contributed by atoms with van der Waals surface area (Å²) < 4.78 is 1.96. The largest absolute Gasteiger partial charge is 0.336 e. The molecule has 0 radical (unpaired) electrons. The van der Waals surface area contributed by atoms with Gasteiger partial charge in [-0.2, -0.15) is 0 Å². The average molecular weight is 353 g/mol. The van der Waals surface area contributed by atoms with Crippen molar-refractivity contribution in [3.05, 3.63) is 58.5 Å². The van der Waals surface area contributed by atoms with Crippen molar-refractivity contribution >= 4 is 5.91 Å². The van der Waals surface area contributed by atoms with Crippen molar-refractivity contribution in [1.29, 1.82) is 0 Å². The smallest absolute Gasteiger partial charge is 0.274 e. The van der Waals surface area contributed by atoms with Gasteiger partial charge in [-0.1, -0.05) is 6.07 Å². The fourth-order valence-corrected chi connectivity index (χ4v) is 4.39. The quantitative estimate of drug-likeness (QED) is 0.823. The number of hydrogen-bond donors (Lipinski definition) is 0. The Morgan fingerprint density at radius 3 is 2.85 bits per heavy atom. The molecule has 1 amide bonds. The van der Waals surface area contributed by atoms with Crippen LogP contribution in [-0.4, -0.2) is 64.0 Å². The number of carbonyl (C=O) groups is 1. The molecule has 0 aromatic carbocycles. The van der Waals surface area contributed by atoms with Gasteiger partial charge in [-0.15, -0.1) is 0 Å². The molecule has 26 heavy (non-hydrogen) atoms. The summed E-state index contributed by atoms with van der Waals surface area (Å²) in [5.74, 6) is 0.356. The lowest BCUT2D eigenvalue weighted by atomic mass is 9.78. The van der Waals surface area contributed by atoms with Crippen LogP contribution >= 0.6 is 0 Å². The molecule has 2 aromatic rings. The van der Waals surface area contributed by atoms with E-state index in [-0.39, 0.29) is 29.3 Å². The van der Waals surface area contributed by atoms with Crippen LogP contribution in [0.2, 0.25) is 0 Å². The predicted molar refractivity (Wildman–Crippen MR) is 97.1 cm³/mol. The summed E-state index contributed by atoms with van der Waals surface area (Å²) in [5.41, 5.74) is 1.47. The first-order valence-electron chi connectivity index (χ1n) is 8.96. The molecule has 2 aromatic heterocycles. The Balaban J connectivity index is 1.70. The molecule has 0 spiro atoms. The minimum Gasteiger partial charge on any atom is -0.336 e. The summed E-state index contributed by atoms with van der Waals surface area (Å²) in [4.78, 5) is 37.6. The van der Waals surface area contributed by atoms with Gasteiger partial charge in [-0.05, 0) is 32.5 Å². The first-order chi connectivity index (χ1) is 12.5. The third kappa shape index (κ3) is 2.92. The number of rotatable bonds is 3. The Morgan fingerprint density at radius 1 is 1.27 bits per heavy atom. The summed E-state index contributed by atoms with van der Waals surface area (Å²) in [7, 11) is 4.04. The monoisotopic (exact) mass is 353 g/mol. The Bertz CT molecular complexity index is 864. The van der Waals surface area contributed by atoms with E-state index in [0.717, 1.165) is 18.7 Å². The maximum atomic E-state index is 12.9. The van der Waals surface area contributed by atoms with Gasteiger partial charge < -0.3 is 14.4 Å². The molecule has 4 heterocycles. The number of pyridine rings is 1. The van der Waals surface area contributed by atoms with E-state index in [1.165, 1.54) is 6.20 Å². The third-order valence-corrected chi connectivity index (χ3v) is 5.42. The molecule has 2 aliphatic heterocycles. The van der Waals surface area contributed by atoms with Crippen LogP contribution in [0.3, 0.4) is 0 Å². The topological polar surface area (TPSA) is 71.3 Å². The van der Waals surface area contributed by atoms with Crippen molar-refractivity contribution in [2.45, 2.75) is 18.4 Å². The van der Waals surface area contributed by atoms with Crippen molar-refractivity contribution in [3.63, 3.8) is 0 Å². The Morgan fingerprint density at radius 2 is 2.12 bits per heavy atom. The molecule has 0 N–H and O–H groups in total. The molecule has 7 heteroatoms. The summed E-state index contributed by atoms with van der Waals surface area (Å²) in [5, 5.41) is 0. The van der Waals surface area contributed by atoms with Gasteiger partial charge in [0.1, 0.15) is 5.69 Å². The Hall–Kier alpha value is -2.54. The molecule has 2 aliphatic rings. The Labute approximate surface area is 152 Å². The SMILES string of the molecule is CN(C)C[C@H]1[C@H]2C[C@H](CN(C(=O)c3cnccn3)C2)c2cccc(=O)n21. The van der Waals surface area contributed by atoms with E-state index in [1.807, 2.05) is 35.7 Å². The summed E-state index contributed by atoms with van der Waals surface area (Å²) in [6.45, 7) is 2.04. The van der Waals surface area contributed by atoms with Crippen LogP contribution in [0.1, 0.15) is 34.6 Å². The molecule has 2 bridgehead atoms. The van der Waals surface area contributed by atoms with Gasteiger partial charge in [-0.3, -0.25) is 14.6 Å². The van der Waals surface area contributed by atoms with E-state index in [2.05, 4.69) is 14.9 Å². The van der Waals surface area contributed by atoms with Crippen LogP contribution in [0.25, 0.3) is 0 Å². The lowest BCUT2D eigenvalue weighted by Crippen LogP contribution is -2.53. The highest BCUT2D eigenvalue weighted by molar-refractivity contribution is 5.92. The fourth-order valence-electron chi connectivity index (χ4n) is 4.39. The molecule has 1 fully saturated rings. The number of aromatic nitrogens is 3. The van der Waals surface area contributed by atoms with Crippen molar-refractivity contribution in [2.75, 3.05) is 33.7 Å². The third-order valence-electron chi connectivity index (χ3n) is 5.42. The maximum absolute atomic E-state index is 12.9. The van der Waals surface area contributed by atoms with Gasteiger partial charge in [0, 0.05) is 49.7 Å². The standard InChI is InChI=1S/C19H23N5O2/c1-22(2)12-17-14-8-13(16-4-3-5-18(25)24(16)17)10-23(11-14)19(26)15-9-20-6-7-21-15/h3-7,9,13-14,17H,8,10-12H2,1-2H3/t13-,14+,17+/m1/s1.